The minimum absolute atomic E-state index is 0.0522. The number of piperidine rings is 1. The van der Waals surface area contributed by atoms with Crippen LogP contribution in [0.5, 0.6) is 5.75 Å². The second-order valence-corrected chi connectivity index (χ2v) is 7.00. The van der Waals surface area contributed by atoms with E-state index < -0.39 is 0 Å². The monoisotopic (exact) mass is 361 g/mol. The van der Waals surface area contributed by atoms with Gasteiger partial charge in [-0.05, 0) is 56.4 Å². The molecule has 1 aliphatic rings. The first-order chi connectivity index (χ1) is 12.5. The number of amides is 2. The first-order valence-corrected chi connectivity index (χ1v) is 9.47. The Kier molecular flexibility index (Phi) is 7.91. The molecule has 0 aliphatic carbocycles. The second kappa shape index (κ2) is 10.2. The Labute approximate surface area is 156 Å². The molecule has 1 aromatic rings. The number of ether oxygens (including phenoxy) is 1. The minimum Gasteiger partial charge on any atom is -0.493 e. The van der Waals surface area contributed by atoms with Crippen LogP contribution in [0.1, 0.15) is 43.2 Å². The molecule has 0 bridgehead atoms. The number of hydrogen-bond acceptors (Lipinski definition) is 4. The largest absolute Gasteiger partial charge is 0.493 e. The van der Waals surface area contributed by atoms with E-state index in [4.69, 9.17) is 10.5 Å². The van der Waals surface area contributed by atoms with E-state index in [1.165, 1.54) is 0 Å². The van der Waals surface area contributed by atoms with Crippen LogP contribution in [-0.2, 0) is 9.59 Å². The highest BCUT2D eigenvalue weighted by atomic mass is 16.5. The zero-order valence-corrected chi connectivity index (χ0v) is 15.9. The molecule has 1 heterocycles. The van der Waals surface area contributed by atoms with Crippen LogP contribution in [0.25, 0.3) is 0 Å². The van der Waals surface area contributed by atoms with Gasteiger partial charge >= 0.3 is 0 Å². The SMILES string of the molecule is Cc1cc(C)cc(OCCC(=O)N2CCCCC2CNC(=O)CCN)c1. The molecule has 1 aliphatic heterocycles. The lowest BCUT2D eigenvalue weighted by Crippen LogP contribution is -2.49. The standard InChI is InChI=1S/C20H31N3O3/c1-15-11-16(2)13-18(12-15)26-10-7-20(25)23-9-4-3-5-17(23)14-22-19(24)6-8-21/h11-13,17H,3-10,14,21H2,1-2H3,(H,22,24). The van der Waals surface area contributed by atoms with Crippen molar-refractivity contribution in [2.24, 2.45) is 5.73 Å². The lowest BCUT2D eigenvalue weighted by molar-refractivity contribution is -0.136. The first-order valence-electron chi connectivity index (χ1n) is 9.47. The quantitative estimate of drug-likeness (QED) is 0.741. The second-order valence-electron chi connectivity index (χ2n) is 7.00. The van der Waals surface area contributed by atoms with Crippen LogP contribution in [-0.4, -0.2) is 49.0 Å². The van der Waals surface area contributed by atoms with E-state index in [0.717, 1.165) is 42.7 Å². The molecular formula is C20H31N3O3. The van der Waals surface area contributed by atoms with Crippen molar-refractivity contribution in [2.45, 2.75) is 52.0 Å². The summed E-state index contributed by atoms with van der Waals surface area (Å²) in [5.74, 6) is 0.843. The molecule has 1 aromatic carbocycles. The molecule has 0 spiro atoms. The Morgan fingerprint density at radius 1 is 1.19 bits per heavy atom. The fourth-order valence-corrected chi connectivity index (χ4v) is 3.41. The molecule has 2 rings (SSSR count). The average molecular weight is 361 g/mol. The van der Waals surface area contributed by atoms with E-state index in [9.17, 15) is 9.59 Å². The lowest BCUT2D eigenvalue weighted by Gasteiger charge is -2.36. The Morgan fingerprint density at radius 3 is 2.62 bits per heavy atom. The molecule has 0 aromatic heterocycles. The van der Waals surface area contributed by atoms with Crippen molar-refractivity contribution in [1.29, 1.82) is 0 Å². The van der Waals surface area contributed by atoms with Gasteiger partial charge in [0.1, 0.15) is 5.75 Å². The van der Waals surface area contributed by atoms with Crippen LogP contribution >= 0.6 is 0 Å². The maximum absolute atomic E-state index is 12.6. The Bertz CT molecular complexity index is 598. The van der Waals surface area contributed by atoms with Gasteiger partial charge in [0.15, 0.2) is 0 Å². The van der Waals surface area contributed by atoms with Crippen molar-refractivity contribution in [3.8, 4) is 5.75 Å². The van der Waals surface area contributed by atoms with E-state index >= 15 is 0 Å². The van der Waals surface area contributed by atoms with Crippen molar-refractivity contribution in [3.05, 3.63) is 29.3 Å². The molecular weight excluding hydrogens is 330 g/mol. The molecule has 6 heteroatoms. The maximum Gasteiger partial charge on any atom is 0.226 e. The van der Waals surface area contributed by atoms with Crippen LogP contribution in [0.4, 0.5) is 0 Å². The molecule has 0 radical (unpaired) electrons. The summed E-state index contributed by atoms with van der Waals surface area (Å²) >= 11 is 0. The van der Waals surface area contributed by atoms with E-state index in [1.807, 2.05) is 30.9 Å². The molecule has 144 valence electrons. The van der Waals surface area contributed by atoms with Gasteiger partial charge in [0.05, 0.1) is 13.0 Å². The number of rotatable bonds is 8. The van der Waals surface area contributed by atoms with Gasteiger partial charge in [-0.2, -0.15) is 0 Å². The number of benzene rings is 1. The highest BCUT2D eigenvalue weighted by molar-refractivity contribution is 5.78. The third-order valence-electron chi connectivity index (χ3n) is 4.63. The topological polar surface area (TPSA) is 84.7 Å². The number of nitrogens with one attached hydrogen (secondary N) is 1. The Hall–Kier alpha value is -2.08. The van der Waals surface area contributed by atoms with E-state index in [0.29, 0.717) is 32.5 Å². The van der Waals surface area contributed by atoms with Crippen LogP contribution in [0.2, 0.25) is 0 Å². The highest BCUT2D eigenvalue weighted by Crippen LogP contribution is 2.19. The van der Waals surface area contributed by atoms with Crippen molar-refractivity contribution < 1.29 is 14.3 Å². The number of carbonyl (C=O) groups excluding carboxylic acids is 2. The summed E-state index contributed by atoms with van der Waals surface area (Å²) in [5.41, 5.74) is 7.69. The van der Waals surface area contributed by atoms with Gasteiger partial charge in [-0.15, -0.1) is 0 Å². The Balaban J connectivity index is 1.82. The fourth-order valence-electron chi connectivity index (χ4n) is 3.41. The molecule has 26 heavy (non-hydrogen) atoms. The predicted molar refractivity (Wildman–Crippen MR) is 102 cm³/mol. The number of aryl methyl sites for hydroxylation is 2. The van der Waals surface area contributed by atoms with Crippen molar-refractivity contribution >= 4 is 11.8 Å². The Morgan fingerprint density at radius 2 is 1.92 bits per heavy atom. The summed E-state index contributed by atoms with van der Waals surface area (Å²) in [7, 11) is 0. The summed E-state index contributed by atoms with van der Waals surface area (Å²) in [6, 6.07) is 6.12. The molecule has 0 saturated carbocycles. The normalized spacial score (nSPS) is 17.0. The van der Waals surface area contributed by atoms with Crippen LogP contribution in [0, 0.1) is 13.8 Å². The van der Waals surface area contributed by atoms with Crippen LogP contribution < -0.4 is 15.8 Å². The molecule has 1 saturated heterocycles. The number of carbonyl (C=O) groups is 2. The number of nitrogens with two attached hydrogens (primary N) is 1. The van der Waals surface area contributed by atoms with Crippen molar-refractivity contribution in [3.63, 3.8) is 0 Å². The number of hydrogen-bond donors (Lipinski definition) is 2. The maximum atomic E-state index is 12.6. The molecule has 1 atom stereocenters. The summed E-state index contributed by atoms with van der Waals surface area (Å²) in [4.78, 5) is 26.1. The van der Waals surface area contributed by atoms with Gasteiger partial charge in [0.25, 0.3) is 0 Å². The third-order valence-corrected chi connectivity index (χ3v) is 4.63. The van der Waals surface area contributed by atoms with E-state index in [2.05, 4.69) is 11.4 Å². The highest BCUT2D eigenvalue weighted by Gasteiger charge is 2.26. The summed E-state index contributed by atoms with van der Waals surface area (Å²) < 4.78 is 5.76. The predicted octanol–water partition coefficient (Wildman–Crippen LogP) is 1.92. The fraction of sp³-hybridized carbons (Fsp3) is 0.600. The molecule has 6 nitrogen and oxygen atoms in total. The van der Waals surface area contributed by atoms with Gasteiger partial charge in [0, 0.05) is 32.1 Å². The van der Waals surface area contributed by atoms with Crippen molar-refractivity contribution in [2.75, 3.05) is 26.2 Å². The number of nitrogens with zero attached hydrogens (tertiary/aromatic N) is 1. The number of likely N-dealkylation sites (tertiary alicyclic amines) is 1. The smallest absolute Gasteiger partial charge is 0.226 e. The lowest BCUT2D eigenvalue weighted by atomic mass is 10.0. The molecule has 1 fully saturated rings. The molecule has 2 amide bonds. The molecule has 1 unspecified atom stereocenters. The zero-order chi connectivity index (χ0) is 18.9. The summed E-state index contributed by atoms with van der Waals surface area (Å²) in [6.45, 7) is 6.02. The van der Waals surface area contributed by atoms with E-state index in [-0.39, 0.29) is 17.9 Å². The van der Waals surface area contributed by atoms with Crippen LogP contribution in [0.15, 0.2) is 18.2 Å². The zero-order valence-electron chi connectivity index (χ0n) is 15.9. The first kappa shape index (κ1) is 20.2. The third kappa shape index (κ3) is 6.33. The van der Waals surface area contributed by atoms with Gasteiger partial charge in [-0.25, -0.2) is 0 Å². The summed E-state index contributed by atoms with van der Waals surface area (Å²) in [5, 5.41) is 2.89. The molecule has 3 N–H and O–H groups in total. The van der Waals surface area contributed by atoms with Gasteiger partial charge in [-0.3, -0.25) is 9.59 Å². The van der Waals surface area contributed by atoms with Crippen LogP contribution in [0.3, 0.4) is 0 Å². The van der Waals surface area contributed by atoms with Gasteiger partial charge in [-0.1, -0.05) is 6.07 Å². The minimum atomic E-state index is -0.0522. The average Bonchev–Trinajstić information content (AvgIpc) is 2.59. The van der Waals surface area contributed by atoms with Gasteiger partial charge in [0.2, 0.25) is 11.8 Å². The summed E-state index contributed by atoms with van der Waals surface area (Å²) in [6.07, 6.45) is 3.69. The van der Waals surface area contributed by atoms with Gasteiger partial charge < -0.3 is 20.7 Å². The van der Waals surface area contributed by atoms with Crippen molar-refractivity contribution in [1.82, 2.24) is 10.2 Å². The van der Waals surface area contributed by atoms with E-state index in [1.54, 1.807) is 0 Å².